The van der Waals surface area contributed by atoms with Crippen LogP contribution in [0.3, 0.4) is 0 Å². The first-order valence-electron chi connectivity index (χ1n) is 9.74. The number of hydrogen-bond acceptors (Lipinski definition) is 4. The number of carbonyl (C=O) groups excluding carboxylic acids is 2. The summed E-state index contributed by atoms with van der Waals surface area (Å²) >= 11 is 13.9. The van der Waals surface area contributed by atoms with Gasteiger partial charge in [0.05, 0.1) is 21.8 Å². The highest BCUT2D eigenvalue weighted by Gasteiger charge is 2.29. The van der Waals surface area contributed by atoms with Crippen LogP contribution in [0.2, 0.25) is 10.0 Å². The van der Waals surface area contributed by atoms with Crippen LogP contribution in [0.4, 0.5) is 5.69 Å². The van der Waals surface area contributed by atoms with E-state index >= 15 is 0 Å². The molecule has 1 aliphatic rings. The molecular weight excluding hydrogens is 429 g/mol. The van der Waals surface area contributed by atoms with Crippen molar-refractivity contribution >= 4 is 52.0 Å². The zero-order valence-corrected chi connectivity index (χ0v) is 18.6. The lowest BCUT2D eigenvalue weighted by Crippen LogP contribution is -2.48. The van der Waals surface area contributed by atoms with Gasteiger partial charge in [-0.2, -0.15) is 0 Å². The van der Waals surface area contributed by atoms with E-state index in [0.29, 0.717) is 35.4 Å². The quantitative estimate of drug-likeness (QED) is 0.650. The molecular formula is C21H25Cl2N3O2S. The van der Waals surface area contributed by atoms with Crippen molar-refractivity contribution in [3.63, 3.8) is 0 Å². The fraction of sp³-hybridized carbons (Fsp3) is 0.429. The number of rotatable bonds is 7. The molecule has 156 valence electrons. The molecule has 1 aromatic heterocycles. The van der Waals surface area contributed by atoms with E-state index in [2.05, 4.69) is 21.6 Å². The molecule has 5 nitrogen and oxygen atoms in total. The van der Waals surface area contributed by atoms with Gasteiger partial charge >= 0.3 is 0 Å². The summed E-state index contributed by atoms with van der Waals surface area (Å²) in [4.78, 5) is 28.4. The molecule has 8 heteroatoms. The normalized spacial score (nSPS) is 16.4. The molecule has 1 fully saturated rings. The largest absolute Gasteiger partial charge is 0.355 e. The Morgan fingerprint density at radius 1 is 1.21 bits per heavy atom. The number of halogens is 2. The van der Waals surface area contributed by atoms with E-state index in [1.54, 1.807) is 29.5 Å². The lowest BCUT2D eigenvalue weighted by Gasteiger charge is -2.34. The van der Waals surface area contributed by atoms with Crippen LogP contribution >= 0.6 is 34.5 Å². The molecule has 0 bridgehead atoms. The summed E-state index contributed by atoms with van der Waals surface area (Å²) in [5.74, 6) is -0.00995. The molecule has 1 saturated heterocycles. The molecule has 1 aromatic carbocycles. The van der Waals surface area contributed by atoms with Gasteiger partial charge in [0.25, 0.3) is 0 Å². The van der Waals surface area contributed by atoms with Gasteiger partial charge in [-0.15, -0.1) is 11.3 Å². The van der Waals surface area contributed by atoms with Crippen molar-refractivity contribution in [2.45, 2.75) is 32.2 Å². The molecule has 3 rings (SSSR count). The monoisotopic (exact) mass is 453 g/mol. The minimum Gasteiger partial charge on any atom is -0.355 e. The molecule has 0 radical (unpaired) electrons. The van der Waals surface area contributed by atoms with Crippen molar-refractivity contribution in [3.8, 4) is 0 Å². The van der Waals surface area contributed by atoms with E-state index < -0.39 is 0 Å². The van der Waals surface area contributed by atoms with Crippen LogP contribution in [0.5, 0.6) is 0 Å². The van der Waals surface area contributed by atoms with Gasteiger partial charge in [0.15, 0.2) is 0 Å². The molecule has 0 saturated carbocycles. The summed E-state index contributed by atoms with van der Waals surface area (Å²) in [6.45, 7) is 3.95. The van der Waals surface area contributed by atoms with Gasteiger partial charge < -0.3 is 10.6 Å². The van der Waals surface area contributed by atoms with Crippen LogP contribution in [0, 0.1) is 5.92 Å². The molecule has 2 N–H and O–H groups in total. The first-order chi connectivity index (χ1) is 14.0. The molecule has 2 amide bonds. The van der Waals surface area contributed by atoms with Crippen LogP contribution in [-0.2, 0) is 16.0 Å². The maximum absolute atomic E-state index is 12.6. The van der Waals surface area contributed by atoms with Crippen molar-refractivity contribution in [2.75, 3.05) is 25.0 Å². The van der Waals surface area contributed by atoms with E-state index in [9.17, 15) is 9.59 Å². The predicted octanol–water partition coefficient (Wildman–Crippen LogP) is 4.45. The van der Waals surface area contributed by atoms with Gasteiger partial charge in [-0.05, 0) is 62.9 Å². The molecule has 0 spiro atoms. The van der Waals surface area contributed by atoms with Crippen LogP contribution < -0.4 is 10.6 Å². The molecule has 2 heterocycles. The van der Waals surface area contributed by atoms with Crippen molar-refractivity contribution in [2.24, 2.45) is 5.92 Å². The van der Waals surface area contributed by atoms with Crippen molar-refractivity contribution in [1.82, 2.24) is 10.2 Å². The van der Waals surface area contributed by atoms with Gasteiger partial charge in [-0.1, -0.05) is 35.3 Å². The molecule has 29 heavy (non-hydrogen) atoms. The van der Waals surface area contributed by atoms with Crippen LogP contribution in [-0.4, -0.2) is 42.4 Å². The maximum atomic E-state index is 12.6. The van der Waals surface area contributed by atoms with Crippen molar-refractivity contribution in [3.05, 3.63) is 50.6 Å². The molecule has 2 aromatic rings. The second kappa shape index (κ2) is 10.4. The van der Waals surface area contributed by atoms with E-state index in [1.165, 1.54) is 4.88 Å². The minimum absolute atomic E-state index is 0.00669. The Balaban J connectivity index is 1.43. The number of thiophene rings is 1. The first-order valence-corrected chi connectivity index (χ1v) is 11.4. The maximum Gasteiger partial charge on any atom is 0.241 e. The summed E-state index contributed by atoms with van der Waals surface area (Å²) in [6.07, 6.45) is 2.37. The lowest BCUT2D eigenvalue weighted by atomic mass is 9.95. The number of anilines is 1. The Morgan fingerprint density at radius 3 is 2.66 bits per heavy atom. The fourth-order valence-electron chi connectivity index (χ4n) is 3.46. The topological polar surface area (TPSA) is 61.4 Å². The first kappa shape index (κ1) is 22.1. The van der Waals surface area contributed by atoms with Gasteiger partial charge in [-0.3, -0.25) is 14.5 Å². The Labute approximate surface area is 185 Å². The van der Waals surface area contributed by atoms with Gasteiger partial charge in [-0.25, -0.2) is 0 Å². The number of likely N-dealkylation sites (tertiary alicyclic amines) is 1. The van der Waals surface area contributed by atoms with Crippen molar-refractivity contribution in [1.29, 1.82) is 0 Å². The zero-order chi connectivity index (χ0) is 20.8. The minimum atomic E-state index is -0.312. The van der Waals surface area contributed by atoms with Crippen LogP contribution in [0.25, 0.3) is 0 Å². The zero-order valence-electron chi connectivity index (χ0n) is 16.3. The number of nitrogens with one attached hydrogen (secondary N) is 2. The average molecular weight is 454 g/mol. The SMILES string of the molecule is CC(C(=O)Nc1cccc(Cl)c1Cl)N1CCC(C(=O)NCCc2cccs2)CC1. The lowest BCUT2D eigenvalue weighted by molar-refractivity contribution is -0.127. The van der Waals surface area contributed by atoms with E-state index in [-0.39, 0.29) is 23.8 Å². The highest BCUT2D eigenvalue weighted by molar-refractivity contribution is 7.09. The molecule has 1 aliphatic heterocycles. The van der Waals surface area contributed by atoms with E-state index in [4.69, 9.17) is 23.2 Å². The standard InChI is InChI=1S/C21H25Cl2N3O2S/c1-14(20(27)25-18-6-2-5-17(22)19(18)23)26-11-8-15(9-12-26)21(28)24-10-7-16-4-3-13-29-16/h2-6,13-15H,7-12H2,1H3,(H,24,28)(H,25,27). The Hall–Kier alpha value is -1.60. The van der Waals surface area contributed by atoms with Crippen LogP contribution in [0.15, 0.2) is 35.7 Å². The van der Waals surface area contributed by atoms with Gasteiger partial charge in [0, 0.05) is 17.3 Å². The fourth-order valence-corrected chi connectivity index (χ4v) is 4.52. The number of piperidine rings is 1. The van der Waals surface area contributed by atoms with E-state index in [1.807, 2.05) is 18.4 Å². The summed E-state index contributed by atoms with van der Waals surface area (Å²) in [5.41, 5.74) is 0.510. The Morgan fingerprint density at radius 2 is 1.97 bits per heavy atom. The number of carbonyl (C=O) groups is 2. The Bertz CT molecular complexity index is 836. The van der Waals surface area contributed by atoms with Gasteiger partial charge in [0.2, 0.25) is 11.8 Å². The third-order valence-electron chi connectivity index (χ3n) is 5.29. The summed E-state index contributed by atoms with van der Waals surface area (Å²) in [6, 6.07) is 8.95. The Kier molecular flexibility index (Phi) is 7.95. The van der Waals surface area contributed by atoms with Crippen molar-refractivity contribution < 1.29 is 9.59 Å². The van der Waals surface area contributed by atoms with E-state index in [0.717, 1.165) is 19.3 Å². The van der Waals surface area contributed by atoms with Gasteiger partial charge in [0.1, 0.15) is 0 Å². The molecule has 1 atom stereocenters. The molecule has 1 unspecified atom stereocenters. The van der Waals surface area contributed by atoms with Crippen LogP contribution in [0.1, 0.15) is 24.6 Å². The number of amides is 2. The number of hydrogen-bond donors (Lipinski definition) is 2. The smallest absolute Gasteiger partial charge is 0.241 e. The third kappa shape index (κ3) is 5.95. The highest BCUT2D eigenvalue weighted by Crippen LogP contribution is 2.30. The average Bonchev–Trinajstić information content (AvgIpc) is 3.24. The highest BCUT2D eigenvalue weighted by atomic mass is 35.5. The molecule has 0 aliphatic carbocycles. The summed E-state index contributed by atoms with van der Waals surface area (Å²) < 4.78 is 0. The third-order valence-corrected chi connectivity index (χ3v) is 7.04. The number of nitrogens with zero attached hydrogens (tertiary/aromatic N) is 1. The second-order valence-corrected chi connectivity index (χ2v) is 9.01. The predicted molar refractivity (Wildman–Crippen MR) is 120 cm³/mol. The second-order valence-electron chi connectivity index (χ2n) is 7.20. The summed E-state index contributed by atoms with van der Waals surface area (Å²) in [7, 11) is 0. The summed E-state index contributed by atoms with van der Waals surface area (Å²) in [5, 5.41) is 8.68. The number of benzene rings is 1.